The van der Waals surface area contributed by atoms with E-state index in [9.17, 15) is 0 Å². The SMILES string of the molecule is CCOc1cc(/C=N\Nc2nc(C)cs2)ccc1OC. The molecule has 0 fully saturated rings. The molecule has 1 heterocycles. The van der Waals surface area contributed by atoms with Crippen LogP contribution >= 0.6 is 11.3 Å². The van der Waals surface area contributed by atoms with Crippen molar-refractivity contribution >= 4 is 22.7 Å². The van der Waals surface area contributed by atoms with Crippen molar-refractivity contribution in [3.05, 3.63) is 34.8 Å². The average molecular weight is 291 g/mol. The van der Waals surface area contributed by atoms with E-state index in [0.29, 0.717) is 18.1 Å². The highest BCUT2D eigenvalue weighted by Crippen LogP contribution is 2.27. The molecule has 0 saturated heterocycles. The van der Waals surface area contributed by atoms with Crippen molar-refractivity contribution < 1.29 is 9.47 Å². The number of hydrogen-bond donors (Lipinski definition) is 1. The van der Waals surface area contributed by atoms with Crippen molar-refractivity contribution in [3.63, 3.8) is 0 Å². The third-order valence-corrected chi connectivity index (χ3v) is 3.35. The van der Waals surface area contributed by atoms with Gasteiger partial charge in [-0.05, 0) is 37.6 Å². The lowest BCUT2D eigenvalue weighted by Crippen LogP contribution is -1.97. The predicted octanol–water partition coefficient (Wildman–Crippen LogP) is 3.30. The quantitative estimate of drug-likeness (QED) is 0.655. The maximum atomic E-state index is 5.52. The lowest BCUT2D eigenvalue weighted by molar-refractivity contribution is 0.311. The van der Waals surface area contributed by atoms with E-state index in [1.165, 1.54) is 11.3 Å². The molecule has 2 rings (SSSR count). The number of hydrogen-bond acceptors (Lipinski definition) is 6. The Hall–Kier alpha value is -2.08. The Labute approximate surface area is 122 Å². The molecule has 0 aliphatic carbocycles. The molecule has 2 aromatic rings. The average Bonchev–Trinajstić information content (AvgIpc) is 2.85. The number of benzene rings is 1. The summed E-state index contributed by atoms with van der Waals surface area (Å²) in [6, 6.07) is 5.67. The first-order valence-electron chi connectivity index (χ1n) is 6.25. The molecule has 1 aromatic heterocycles. The Kier molecular flexibility index (Phi) is 4.95. The third kappa shape index (κ3) is 3.71. The van der Waals surface area contributed by atoms with E-state index in [4.69, 9.17) is 9.47 Å². The van der Waals surface area contributed by atoms with Crippen LogP contribution in [0.15, 0.2) is 28.7 Å². The van der Waals surface area contributed by atoms with Crippen LogP contribution in [0.5, 0.6) is 11.5 Å². The van der Waals surface area contributed by atoms with Gasteiger partial charge in [0.2, 0.25) is 5.13 Å². The Bertz CT molecular complexity index is 596. The topological polar surface area (TPSA) is 55.7 Å². The summed E-state index contributed by atoms with van der Waals surface area (Å²) in [6.45, 7) is 4.48. The fraction of sp³-hybridized carbons (Fsp3) is 0.286. The van der Waals surface area contributed by atoms with Crippen LogP contribution in [0.3, 0.4) is 0 Å². The lowest BCUT2D eigenvalue weighted by atomic mass is 10.2. The van der Waals surface area contributed by atoms with E-state index < -0.39 is 0 Å². The van der Waals surface area contributed by atoms with Crippen LogP contribution in [0.2, 0.25) is 0 Å². The van der Waals surface area contributed by atoms with Crippen LogP contribution in [0.4, 0.5) is 5.13 Å². The molecule has 1 aromatic carbocycles. The monoisotopic (exact) mass is 291 g/mol. The summed E-state index contributed by atoms with van der Waals surface area (Å²) >= 11 is 1.52. The summed E-state index contributed by atoms with van der Waals surface area (Å²) < 4.78 is 10.8. The van der Waals surface area contributed by atoms with Gasteiger partial charge in [0.1, 0.15) is 0 Å². The van der Waals surface area contributed by atoms with Gasteiger partial charge in [-0.1, -0.05) is 0 Å². The number of thiazole rings is 1. The van der Waals surface area contributed by atoms with E-state index in [2.05, 4.69) is 15.5 Å². The van der Waals surface area contributed by atoms with Gasteiger partial charge in [-0.2, -0.15) is 5.10 Å². The van der Waals surface area contributed by atoms with Crippen molar-refractivity contribution in [2.75, 3.05) is 19.1 Å². The molecule has 0 amide bonds. The third-order valence-electron chi connectivity index (χ3n) is 2.48. The molecule has 0 spiro atoms. The van der Waals surface area contributed by atoms with Crippen LogP contribution in [0.1, 0.15) is 18.2 Å². The second-order valence-electron chi connectivity index (χ2n) is 4.01. The van der Waals surface area contributed by atoms with E-state index >= 15 is 0 Å². The minimum absolute atomic E-state index is 0.591. The second-order valence-corrected chi connectivity index (χ2v) is 4.87. The molecule has 0 aliphatic rings. The van der Waals surface area contributed by atoms with E-state index in [1.54, 1.807) is 13.3 Å². The molecule has 0 unspecified atom stereocenters. The second kappa shape index (κ2) is 6.91. The maximum Gasteiger partial charge on any atom is 0.203 e. The molecule has 106 valence electrons. The van der Waals surface area contributed by atoms with Gasteiger partial charge in [-0.15, -0.1) is 11.3 Å². The van der Waals surface area contributed by atoms with Crippen molar-refractivity contribution in [2.24, 2.45) is 5.10 Å². The number of nitrogens with one attached hydrogen (secondary N) is 1. The zero-order valence-corrected chi connectivity index (χ0v) is 12.5. The fourth-order valence-electron chi connectivity index (χ4n) is 1.61. The minimum Gasteiger partial charge on any atom is -0.493 e. The molecular weight excluding hydrogens is 274 g/mol. The standard InChI is InChI=1S/C14H17N3O2S/c1-4-19-13-7-11(5-6-12(13)18-3)8-15-17-14-16-10(2)9-20-14/h5-9H,4H2,1-3H3,(H,16,17)/b15-8-. The summed E-state index contributed by atoms with van der Waals surface area (Å²) in [5, 5.41) is 6.90. The lowest BCUT2D eigenvalue weighted by Gasteiger charge is -2.09. The maximum absolute atomic E-state index is 5.52. The number of hydrazone groups is 1. The number of nitrogens with zero attached hydrogens (tertiary/aromatic N) is 2. The molecule has 1 N–H and O–H groups in total. The Morgan fingerprint density at radius 1 is 1.40 bits per heavy atom. The van der Waals surface area contributed by atoms with E-state index in [0.717, 1.165) is 16.4 Å². The molecule has 0 radical (unpaired) electrons. The largest absolute Gasteiger partial charge is 0.493 e. The van der Waals surface area contributed by atoms with E-state index in [-0.39, 0.29) is 0 Å². The van der Waals surface area contributed by atoms with E-state index in [1.807, 2.05) is 37.4 Å². The van der Waals surface area contributed by atoms with Crippen LogP contribution in [0, 0.1) is 6.92 Å². The molecule has 5 nitrogen and oxygen atoms in total. The van der Waals surface area contributed by atoms with Gasteiger partial charge in [-0.3, -0.25) is 5.43 Å². The summed E-state index contributed by atoms with van der Waals surface area (Å²) in [5.41, 5.74) is 4.81. The van der Waals surface area contributed by atoms with Crippen molar-refractivity contribution in [2.45, 2.75) is 13.8 Å². The van der Waals surface area contributed by atoms with Gasteiger partial charge in [0.25, 0.3) is 0 Å². The smallest absolute Gasteiger partial charge is 0.203 e. The Balaban J connectivity index is 2.06. The van der Waals surface area contributed by atoms with Crippen molar-refractivity contribution in [3.8, 4) is 11.5 Å². The van der Waals surface area contributed by atoms with Crippen LogP contribution in [-0.2, 0) is 0 Å². The van der Waals surface area contributed by atoms with Gasteiger partial charge >= 0.3 is 0 Å². The highest BCUT2D eigenvalue weighted by atomic mass is 32.1. The minimum atomic E-state index is 0.591. The zero-order chi connectivity index (χ0) is 14.4. The molecule has 0 saturated carbocycles. The van der Waals surface area contributed by atoms with Crippen molar-refractivity contribution in [1.82, 2.24) is 4.98 Å². The summed E-state index contributed by atoms with van der Waals surface area (Å²) in [7, 11) is 1.62. The number of aromatic nitrogens is 1. The number of ether oxygens (including phenoxy) is 2. The number of anilines is 1. The molecule has 0 aliphatic heterocycles. The number of methoxy groups -OCH3 is 1. The molecule has 0 atom stereocenters. The first-order chi connectivity index (χ1) is 9.72. The van der Waals surface area contributed by atoms with Crippen LogP contribution in [-0.4, -0.2) is 24.9 Å². The Morgan fingerprint density at radius 3 is 2.90 bits per heavy atom. The molecule has 20 heavy (non-hydrogen) atoms. The van der Waals surface area contributed by atoms with Gasteiger partial charge < -0.3 is 9.47 Å². The summed E-state index contributed by atoms with van der Waals surface area (Å²) in [5.74, 6) is 1.43. The van der Waals surface area contributed by atoms with Crippen LogP contribution < -0.4 is 14.9 Å². The molecule has 6 heteroatoms. The highest BCUT2D eigenvalue weighted by Gasteiger charge is 2.04. The molecule has 0 bridgehead atoms. The van der Waals surface area contributed by atoms with Gasteiger partial charge in [0, 0.05) is 5.38 Å². The number of aryl methyl sites for hydroxylation is 1. The highest BCUT2D eigenvalue weighted by molar-refractivity contribution is 7.13. The summed E-state index contributed by atoms with van der Waals surface area (Å²) in [4.78, 5) is 4.27. The van der Waals surface area contributed by atoms with Gasteiger partial charge in [0.15, 0.2) is 11.5 Å². The van der Waals surface area contributed by atoms with Gasteiger partial charge in [-0.25, -0.2) is 4.98 Å². The first-order valence-corrected chi connectivity index (χ1v) is 7.13. The molecular formula is C14H17N3O2S. The normalized spacial score (nSPS) is 10.8. The fourth-order valence-corrected chi connectivity index (χ4v) is 2.25. The summed E-state index contributed by atoms with van der Waals surface area (Å²) in [6.07, 6.45) is 1.72. The zero-order valence-electron chi connectivity index (χ0n) is 11.7. The predicted molar refractivity (Wildman–Crippen MR) is 82.2 cm³/mol. The Morgan fingerprint density at radius 2 is 2.25 bits per heavy atom. The first kappa shape index (κ1) is 14.3. The van der Waals surface area contributed by atoms with Gasteiger partial charge in [0.05, 0.1) is 25.6 Å². The van der Waals surface area contributed by atoms with Crippen LogP contribution in [0.25, 0.3) is 0 Å². The number of rotatable bonds is 6. The van der Waals surface area contributed by atoms with Crippen molar-refractivity contribution in [1.29, 1.82) is 0 Å².